The van der Waals surface area contributed by atoms with Gasteiger partial charge in [0, 0.05) is 26.2 Å². The Kier molecular flexibility index (Phi) is 13.2. The smallest absolute Gasteiger partial charge is 0.342 e. The van der Waals surface area contributed by atoms with Gasteiger partial charge in [-0.1, -0.05) is 13.8 Å². The number of piperazine rings is 1. The van der Waals surface area contributed by atoms with E-state index < -0.39 is 0 Å². The number of hydrogen-bond acceptors (Lipinski definition) is 2. The van der Waals surface area contributed by atoms with Gasteiger partial charge in [-0.25, -0.2) is 0 Å². The third-order valence-electron chi connectivity index (χ3n) is 2.07. The maximum atomic E-state index is 11.1. The van der Waals surface area contributed by atoms with E-state index in [1.165, 1.54) is 0 Å². The van der Waals surface area contributed by atoms with Crippen molar-refractivity contribution in [2.45, 2.75) is 20.3 Å². The molecule has 0 aromatic carbocycles. The Morgan fingerprint density at radius 3 is 2.00 bits per heavy atom. The molecule has 0 unspecified atom stereocenters. The molecule has 0 radical (unpaired) electrons. The summed E-state index contributed by atoms with van der Waals surface area (Å²) >= 11 is 0. The molecular formula is C10H21KN2O. The van der Waals surface area contributed by atoms with Crippen LogP contribution in [0.1, 0.15) is 20.3 Å². The second-order valence-electron chi connectivity index (χ2n) is 2.93. The van der Waals surface area contributed by atoms with E-state index in [1.54, 1.807) is 0 Å². The van der Waals surface area contributed by atoms with Crippen molar-refractivity contribution in [3.63, 3.8) is 0 Å². The minimum atomic E-state index is 0. The molecule has 0 bridgehead atoms. The fourth-order valence-electron chi connectivity index (χ4n) is 1.21. The van der Waals surface area contributed by atoms with Crippen LogP contribution in [0, 0.1) is 6.92 Å². The van der Waals surface area contributed by atoms with Gasteiger partial charge in [0.2, 0.25) is 0 Å². The molecule has 1 fully saturated rings. The topological polar surface area (TPSA) is 23.6 Å². The first-order chi connectivity index (χ1) is 6.24. The summed E-state index contributed by atoms with van der Waals surface area (Å²) in [7, 11) is 2.08. The first-order valence-corrected chi connectivity index (χ1v) is 4.99. The predicted octanol–water partition coefficient (Wildman–Crippen LogP) is -1.99. The largest absolute Gasteiger partial charge is 1.00 e. The molecule has 0 atom stereocenters. The van der Waals surface area contributed by atoms with Crippen LogP contribution < -0.4 is 51.4 Å². The molecule has 0 spiro atoms. The Hall–Kier alpha value is 1.07. The van der Waals surface area contributed by atoms with Gasteiger partial charge in [0.25, 0.3) is 0 Å². The Bertz CT molecular complexity index is 145. The molecule has 0 aliphatic carbocycles. The molecule has 14 heavy (non-hydrogen) atoms. The summed E-state index contributed by atoms with van der Waals surface area (Å²) in [5, 5.41) is 0. The predicted molar refractivity (Wildman–Crippen MR) is 55.4 cm³/mol. The standard InChI is InChI=1S/C8H15N2O.C2H6.K/c1-3-8(11)10-6-4-9(2)5-7-10;1-2;/h1,3-7H2,2H3;1-2H3;/q-1;;+1. The van der Waals surface area contributed by atoms with Gasteiger partial charge < -0.3 is 16.7 Å². The maximum absolute atomic E-state index is 11.1. The quantitative estimate of drug-likeness (QED) is 0.380. The Morgan fingerprint density at radius 2 is 1.64 bits per heavy atom. The molecule has 1 amide bonds. The van der Waals surface area contributed by atoms with Crippen LogP contribution >= 0.6 is 0 Å². The third kappa shape index (κ3) is 6.53. The van der Waals surface area contributed by atoms with Crippen molar-refractivity contribution in [1.82, 2.24) is 9.80 Å². The molecule has 0 aromatic heterocycles. The second-order valence-corrected chi connectivity index (χ2v) is 2.93. The first kappa shape index (κ1) is 17.5. The summed E-state index contributed by atoms with van der Waals surface area (Å²) in [6.07, 6.45) is 0.393. The van der Waals surface area contributed by atoms with Crippen LogP contribution in [0.5, 0.6) is 0 Å². The van der Waals surface area contributed by atoms with E-state index in [4.69, 9.17) is 0 Å². The fraction of sp³-hybridized carbons (Fsp3) is 0.800. The van der Waals surface area contributed by atoms with Crippen LogP contribution in [0.25, 0.3) is 0 Å². The minimum Gasteiger partial charge on any atom is -0.342 e. The van der Waals surface area contributed by atoms with Crippen molar-refractivity contribution in [2.24, 2.45) is 0 Å². The third-order valence-corrected chi connectivity index (χ3v) is 2.07. The molecule has 1 aliphatic rings. The minimum absolute atomic E-state index is 0. The van der Waals surface area contributed by atoms with Crippen molar-refractivity contribution >= 4 is 5.91 Å². The summed E-state index contributed by atoms with van der Waals surface area (Å²) in [6, 6.07) is 0. The number of carbonyl (C=O) groups excluding carboxylic acids is 1. The number of rotatable bonds is 1. The molecule has 4 heteroatoms. The van der Waals surface area contributed by atoms with Gasteiger partial charge in [-0.2, -0.15) is 0 Å². The molecule has 1 aliphatic heterocycles. The van der Waals surface area contributed by atoms with E-state index in [0.29, 0.717) is 6.42 Å². The second kappa shape index (κ2) is 10.6. The summed E-state index contributed by atoms with van der Waals surface area (Å²) in [4.78, 5) is 15.2. The van der Waals surface area contributed by atoms with Crippen LogP contribution in [0.3, 0.4) is 0 Å². The average molecular weight is 224 g/mol. The van der Waals surface area contributed by atoms with Crippen LogP contribution in [-0.2, 0) is 4.79 Å². The number of nitrogens with zero attached hydrogens (tertiary/aromatic N) is 2. The van der Waals surface area contributed by atoms with Gasteiger partial charge in [0.05, 0.1) is 0 Å². The van der Waals surface area contributed by atoms with Crippen molar-refractivity contribution < 1.29 is 56.2 Å². The van der Waals surface area contributed by atoms with E-state index in [0.717, 1.165) is 26.2 Å². The maximum Gasteiger partial charge on any atom is 1.00 e. The van der Waals surface area contributed by atoms with Crippen LogP contribution in [-0.4, -0.2) is 48.9 Å². The zero-order valence-electron chi connectivity index (χ0n) is 10.0. The normalized spacial score (nSPS) is 16.4. The molecule has 1 saturated heterocycles. The molecule has 1 rings (SSSR count). The molecule has 78 valence electrons. The zero-order chi connectivity index (χ0) is 10.3. The summed E-state index contributed by atoms with van der Waals surface area (Å²) in [6.45, 7) is 11.3. The molecular weight excluding hydrogens is 203 g/mol. The molecule has 1 heterocycles. The van der Waals surface area contributed by atoms with Gasteiger partial charge in [0.1, 0.15) is 0 Å². The number of likely N-dealkylation sites (N-methyl/N-ethyl adjacent to an activating group) is 1. The summed E-state index contributed by atoms with van der Waals surface area (Å²) in [5.41, 5.74) is 0. The monoisotopic (exact) mass is 224 g/mol. The van der Waals surface area contributed by atoms with Gasteiger partial charge >= 0.3 is 51.4 Å². The van der Waals surface area contributed by atoms with Crippen molar-refractivity contribution in [1.29, 1.82) is 0 Å². The number of carbonyl (C=O) groups is 1. The average Bonchev–Trinajstić information content (AvgIpc) is 2.21. The summed E-state index contributed by atoms with van der Waals surface area (Å²) < 4.78 is 0. The van der Waals surface area contributed by atoms with E-state index in [-0.39, 0.29) is 57.3 Å². The van der Waals surface area contributed by atoms with Gasteiger partial charge in [0.15, 0.2) is 5.91 Å². The molecule has 0 N–H and O–H groups in total. The van der Waals surface area contributed by atoms with Crippen molar-refractivity contribution in [2.75, 3.05) is 33.2 Å². The van der Waals surface area contributed by atoms with E-state index in [1.807, 2.05) is 18.7 Å². The first-order valence-electron chi connectivity index (χ1n) is 4.99. The van der Waals surface area contributed by atoms with Crippen LogP contribution in [0.4, 0.5) is 0 Å². The molecule has 0 aromatic rings. The molecule has 0 saturated carbocycles. The SMILES string of the molecule is CC.[CH2-]CC(=O)N1CCN(C)CC1.[K+]. The zero-order valence-corrected chi connectivity index (χ0v) is 13.2. The number of amides is 1. The fourth-order valence-corrected chi connectivity index (χ4v) is 1.21. The summed E-state index contributed by atoms with van der Waals surface area (Å²) in [5.74, 6) is 0.179. The molecule has 3 nitrogen and oxygen atoms in total. The van der Waals surface area contributed by atoms with E-state index in [9.17, 15) is 4.79 Å². The van der Waals surface area contributed by atoms with Gasteiger partial charge in [-0.15, -0.1) is 6.42 Å². The number of hydrogen-bond donors (Lipinski definition) is 0. The Balaban J connectivity index is 0. The van der Waals surface area contributed by atoms with Crippen molar-refractivity contribution in [3.8, 4) is 0 Å². The Morgan fingerprint density at radius 1 is 1.21 bits per heavy atom. The van der Waals surface area contributed by atoms with Crippen LogP contribution in [0.2, 0.25) is 0 Å². The van der Waals surface area contributed by atoms with E-state index in [2.05, 4.69) is 18.9 Å². The van der Waals surface area contributed by atoms with Crippen molar-refractivity contribution in [3.05, 3.63) is 6.92 Å². The Labute approximate surface area is 131 Å². The van der Waals surface area contributed by atoms with Gasteiger partial charge in [-0.05, 0) is 7.05 Å². The van der Waals surface area contributed by atoms with E-state index >= 15 is 0 Å². The van der Waals surface area contributed by atoms with Crippen LogP contribution in [0.15, 0.2) is 0 Å². The van der Waals surface area contributed by atoms with Gasteiger partial charge in [-0.3, -0.25) is 4.79 Å².